The molecule has 1 heterocycles. The van der Waals surface area contributed by atoms with E-state index < -0.39 is 0 Å². The lowest BCUT2D eigenvalue weighted by Crippen LogP contribution is -2.17. The lowest BCUT2D eigenvalue weighted by Gasteiger charge is -2.13. The summed E-state index contributed by atoms with van der Waals surface area (Å²) in [6.07, 6.45) is 3.34. The maximum absolute atomic E-state index is 12.0. The fourth-order valence-corrected chi connectivity index (χ4v) is 1.63. The highest BCUT2D eigenvalue weighted by Gasteiger charge is 2.11. The van der Waals surface area contributed by atoms with Gasteiger partial charge < -0.3 is 14.8 Å². The van der Waals surface area contributed by atoms with Crippen molar-refractivity contribution >= 4 is 17.3 Å². The van der Waals surface area contributed by atoms with Gasteiger partial charge in [0.1, 0.15) is 0 Å². The molecule has 5 heteroatoms. The number of anilines is 2. The Morgan fingerprint density at radius 1 is 1.39 bits per heavy atom. The summed E-state index contributed by atoms with van der Waals surface area (Å²) in [5, 5.41) is 2.83. The van der Waals surface area contributed by atoms with Crippen LogP contribution in [0, 0.1) is 0 Å². The lowest BCUT2D eigenvalue weighted by molar-refractivity contribution is 0.101. The molecule has 1 aromatic heterocycles. The summed E-state index contributed by atoms with van der Waals surface area (Å²) in [7, 11) is 5.71. The van der Waals surface area contributed by atoms with E-state index in [1.807, 2.05) is 43.3 Å². The predicted molar refractivity (Wildman–Crippen MR) is 71.9 cm³/mol. The van der Waals surface area contributed by atoms with Gasteiger partial charge in [0.05, 0.1) is 0 Å². The molecule has 2 aromatic rings. The summed E-state index contributed by atoms with van der Waals surface area (Å²) in [4.78, 5) is 18.0. The van der Waals surface area contributed by atoms with Crippen molar-refractivity contribution in [1.29, 1.82) is 0 Å². The Bertz CT molecular complexity index is 560. The van der Waals surface area contributed by atoms with Crippen molar-refractivity contribution in [2.24, 2.45) is 7.05 Å². The first-order valence-electron chi connectivity index (χ1n) is 5.64. The van der Waals surface area contributed by atoms with Crippen molar-refractivity contribution in [3.05, 3.63) is 42.5 Å². The zero-order valence-corrected chi connectivity index (χ0v) is 10.7. The Morgan fingerprint density at radius 3 is 2.78 bits per heavy atom. The van der Waals surface area contributed by atoms with Gasteiger partial charge in [-0.1, -0.05) is 6.07 Å². The molecule has 1 amide bonds. The summed E-state index contributed by atoms with van der Waals surface area (Å²) in [5.74, 6) is 0.184. The number of amides is 1. The molecule has 0 aliphatic rings. The Kier molecular flexibility index (Phi) is 3.32. The number of nitrogens with zero attached hydrogens (tertiary/aromatic N) is 3. The van der Waals surface area contributed by atoms with Crippen LogP contribution in [-0.4, -0.2) is 29.6 Å². The number of nitrogens with one attached hydrogen (secondary N) is 1. The average Bonchev–Trinajstić information content (AvgIpc) is 2.76. The van der Waals surface area contributed by atoms with E-state index >= 15 is 0 Å². The number of hydrogen-bond donors (Lipinski definition) is 1. The third-order valence-electron chi connectivity index (χ3n) is 2.64. The second-order valence-corrected chi connectivity index (χ2v) is 4.26. The van der Waals surface area contributed by atoms with Gasteiger partial charge in [-0.15, -0.1) is 0 Å². The molecule has 0 saturated carbocycles. The smallest absolute Gasteiger partial charge is 0.291 e. The molecule has 0 saturated heterocycles. The Hall–Kier alpha value is -2.30. The lowest BCUT2D eigenvalue weighted by atomic mass is 10.2. The molecule has 94 valence electrons. The van der Waals surface area contributed by atoms with E-state index in [1.54, 1.807) is 24.0 Å². The number of imidazole rings is 1. The van der Waals surface area contributed by atoms with Crippen LogP contribution in [-0.2, 0) is 7.05 Å². The Labute approximate surface area is 106 Å². The van der Waals surface area contributed by atoms with Crippen molar-refractivity contribution < 1.29 is 4.79 Å². The number of carbonyl (C=O) groups is 1. The molecule has 0 radical (unpaired) electrons. The highest BCUT2D eigenvalue weighted by molar-refractivity contribution is 6.02. The van der Waals surface area contributed by atoms with Crippen molar-refractivity contribution in [3.8, 4) is 0 Å². The largest absolute Gasteiger partial charge is 0.378 e. The van der Waals surface area contributed by atoms with E-state index in [-0.39, 0.29) is 5.91 Å². The normalized spacial score (nSPS) is 10.2. The second-order valence-electron chi connectivity index (χ2n) is 4.26. The first-order chi connectivity index (χ1) is 8.58. The summed E-state index contributed by atoms with van der Waals surface area (Å²) >= 11 is 0. The SMILES string of the molecule is CN(C)c1cccc(NC(=O)c2nccn2C)c1. The molecule has 0 aliphatic carbocycles. The third kappa shape index (κ3) is 2.51. The fourth-order valence-electron chi connectivity index (χ4n) is 1.63. The summed E-state index contributed by atoms with van der Waals surface area (Å²) in [6.45, 7) is 0. The summed E-state index contributed by atoms with van der Waals surface area (Å²) in [6, 6.07) is 7.66. The minimum atomic E-state index is -0.210. The molecule has 0 aliphatic heterocycles. The quantitative estimate of drug-likeness (QED) is 0.894. The van der Waals surface area contributed by atoms with E-state index in [0.717, 1.165) is 11.4 Å². The van der Waals surface area contributed by atoms with Crippen molar-refractivity contribution in [2.45, 2.75) is 0 Å². The van der Waals surface area contributed by atoms with Gasteiger partial charge in [-0.25, -0.2) is 4.98 Å². The van der Waals surface area contributed by atoms with Crippen LogP contribution in [0.5, 0.6) is 0 Å². The Balaban J connectivity index is 2.17. The molecule has 0 bridgehead atoms. The van der Waals surface area contributed by atoms with Crippen LogP contribution in [0.3, 0.4) is 0 Å². The molecule has 0 unspecified atom stereocenters. The highest BCUT2D eigenvalue weighted by atomic mass is 16.2. The van der Waals surface area contributed by atoms with Gasteiger partial charge in [0, 0.05) is 44.9 Å². The molecule has 0 fully saturated rings. The summed E-state index contributed by atoms with van der Waals surface area (Å²) < 4.78 is 1.69. The summed E-state index contributed by atoms with van der Waals surface area (Å²) in [5.41, 5.74) is 1.79. The van der Waals surface area contributed by atoms with Gasteiger partial charge >= 0.3 is 0 Å². The van der Waals surface area contributed by atoms with Crippen molar-refractivity contribution in [1.82, 2.24) is 9.55 Å². The minimum Gasteiger partial charge on any atom is -0.378 e. The maximum Gasteiger partial charge on any atom is 0.291 e. The van der Waals surface area contributed by atoms with Gasteiger partial charge in [-0.05, 0) is 18.2 Å². The first-order valence-corrected chi connectivity index (χ1v) is 5.64. The third-order valence-corrected chi connectivity index (χ3v) is 2.64. The topological polar surface area (TPSA) is 50.2 Å². The Morgan fingerprint density at radius 2 is 2.17 bits per heavy atom. The molecular formula is C13H16N4O. The van der Waals surface area contributed by atoms with Crippen molar-refractivity contribution in [3.63, 3.8) is 0 Å². The molecule has 1 N–H and O–H groups in total. The number of rotatable bonds is 3. The molecule has 0 spiro atoms. The van der Waals surface area contributed by atoms with Gasteiger partial charge in [0.25, 0.3) is 5.91 Å². The van der Waals surface area contributed by atoms with Crippen LogP contribution >= 0.6 is 0 Å². The standard InChI is InChI=1S/C13H16N4O/c1-16(2)11-6-4-5-10(9-11)15-13(18)12-14-7-8-17(12)3/h4-9H,1-3H3,(H,15,18). The van der Waals surface area contributed by atoms with Crippen LogP contribution in [0.2, 0.25) is 0 Å². The van der Waals surface area contributed by atoms with Gasteiger partial charge in [-0.3, -0.25) is 4.79 Å². The van der Waals surface area contributed by atoms with Crippen LogP contribution in [0.15, 0.2) is 36.7 Å². The molecule has 18 heavy (non-hydrogen) atoms. The molecule has 5 nitrogen and oxygen atoms in total. The molecule has 0 atom stereocenters. The van der Waals surface area contributed by atoms with E-state index in [2.05, 4.69) is 10.3 Å². The van der Waals surface area contributed by atoms with Crippen LogP contribution < -0.4 is 10.2 Å². The van der Waals surface area contributed by atoms with Crippen molar-refractivity contribution in [2.75, 3.05) is 24.3 Å². The number of aryl methyl sites for hydroxylation is 1. The van der Waals surface area contributed by atoms with Gasteiger partial charge in [0.15, 0.2) is 5.82 Å². The van der Waals surface area contributed by atoms with E-state index in [1.165, 1.54) is 0 Å². The first kappa shape index (κ1) is 12.2. The number of carbonyl (C=O) groups excluding carboxylic acids is 1. The zero-order chi connectivity index (χ0) is 13.1. The fraction of sp³-hybridized carbons (Fsp3) is 0.231. The van der Waals surface area contributed by atoms with Gasteiger partial charge in [-0.2, -0.15) is 0 Å². The van der Waals surface area contributed by atoms with Crippen LogP contribution in [0.4, 0.5) is 11.4 Å². The second kappa shape index (κ2) is 4.91. The predicted octanol–water partition coefficient (Wildman–Crippen LogP) is 1.74. The average molecular weight is 244 g/mol. The molecule has 1 aromatic carbocycles. The maximum atomic E-state index is 12.0. The van der Waals surface area contributed by atoms with Gasteiger partial charge in [0.2, 0.25) is 0 Å². The highest BCUT2D eigenvalue weighted by Crippen LogP contribution is 2.17. The molecule has 2 rings (SSSR count). The van der Waals surface area contributed by atoms with E-state index in [0.29, 0.717) is 5.82 Å². The number of benzene rings is 1. The van der Waals surface area contributed by atoms with Crippen LogP contribution in [0.25, 0.3) is 0 Å². The zero-order valence-electron chi connectivity index (χ0n) is 10.7. The number of hydrogen-bond acceptors (Lipinski definition) is 3. The monoisotopic (exact) mass is 244 g/mol. The van der Waals surface area contributed by atoms with E-state index in [4.69, 9.17) is 0 Å². The minimum absolute atomic E-state index is 0.210. The molecular weight excluding hydrogens is 228 g/mol. The van der Waals surface area contributed by atoms with Crippen LogP contribution in [0.1, 0.15) is 10.6 Å². The van der Waals surface area contributed by atoms with E-state index in [9.17, 15) is 4.79 Å². The number of aromatic nitrogens is 2.